The van der Waals surface area contributed by atoms with Crippen LogP contribution in [0.2, 0.25) is 0 Å². The third-order valence-corrected chi connectivity index (χ3v) is 4.81. The molecule has 0 unspecified atom stereocenters. The van der Waals surface area contributed by atoms with Crippen LogP contribution in [0.25, 0.3) is 22.2 Å². The first-order valence-corrected chi connectivity index (χ1v) is 8.93. The lowest BCUT2D eigenvalue weighted by atomic mass is 9.96. The first kappa shape index (κ1) is 18.1. The van der Waals surface area contributed by atoms with Crippen molar-refractivity contribution in [3.63, 3.8) is 0 Å². The molecule has 2 N–H and O–H groups in total. The molecule has 0 aliphatic carbocycles. The van der Waals surface area contributed by atoms with Crippen molar-refractivity contribution >= 4 is 22.8 Å². The molecule has 0 saturated carbocycles. The number of halogens is 1. The maximum atomic E-state index is 13.8. The number of hydrogen-bond acceptors (Lipinski definition) is 4. The lowest BCUT2D eigenvalue weighted by Crippen LogP contribution is -2.47. The fraction of sp³-hybridized carbons (Fsp3) is 0.190. The van der Waals surface area contributed by atoms with Crippen LogP contribution in [0.4, 0.5) is 4.39 Å². The fourth-order valence-electron chi connectivity index (χ4n) is 3.56. The lowest BCUT2D eigenvalue weighted by Gasteiger charge is -2.28. The molecular formula is C21H18FN3O3. The van der Waals surface area contributed by atoms with Crippen molar-refractivity contribution in [3.05, 3.63) is 65.5 Å². The summed E-state index contributed by atoms with van der Waals surface area (Å²) in [6.45, 7) is 1.57. The van der Waals surface area contributed by atoms with Crippen LogP contribution >= 0.6 is 0 Å². The summed E-state index contributed by atoms with van der Waals surface area (Å²) in [5.41, 5.74) is 2.13. The molecule has 1 saturated heterocycles. The Hall–Kier alpha value is -3.32. The zero-order valence-electron chi connectivity index (χ0n) is 15.0. The average Bonchev–Trinajstić information content (AvgIpc) is 2.68. The molecule has 1 aliphatic rings. The zero-order valence-corrected chi connectivity index (χ0v) is 15.0. The van der Waals surface area contributed by atoms with Crippen molar-refractivity contribution in [2.45, 2.75) is 6.54 Å². The molecule has 3 aromatic rings. The monoisotopic (exact) mass is 379 g/mol. The SMILES string of the molecule is O=C1CN(Cc2c(-c3ccccc3)nc3cc(F)ccc3c2C(=O)O)CCN1. The number of piperazine rings is 1. The number of benzene rings is 2. The number of carboxylic acids is 1. The summed E-state index contributed by atoms with van der Waals surface area (Å²) in [5, 5.41) is 13.1. The molecule has 0 spiro atoms. The van der Waals surface area contributed by atoms with Gasteiger partial charge in [0.25, 0.3) is 0 Å². The van der Waals surface area contributed by atoms with Crippen LogP contribution in [-0.4, -0.2) is 46.5 Å². The van der Waals surface area contributed by atoms with Crippen molar-refractivity contribution < 1.29 is 19.1 Å². The van der Waals surface area contributed by atoms with E-state index in [2.05, 4.69) is 10.3 Å². The lowest BCUT2D eigenvalue weighted by molar-refractivity contribution is -0.124. The standard InChI is InChI=1S/C21H18FN3O3/c22-14-6-7-15-17(10-14)24-20(13-4-2-1-3-5-13)16(19(15)21(27)28)11-25-9-8-23-18(26)12-25/h1-7,10H,8-9,11-12H2,(H,23,26)(H,27,28). The molecule has 28 heavy (non-hydrogen) atoms. The number of amides is 1. The molecule has 0 bridgehead atoms. The summed E-state index contributed by atoms with van der Waals surface area (Å²) in [5.74, 6) is -1.68. The van der Waals surface area contributed by atoms with Gasteiger partial charge >= 0.3 is 5.97 Å². The Kier molecular flexibility index (Phi) is 4.75. The Morgan fingerprint density at radius 3 is 2.71 bits per heavy atom. The second-order valence-corrected chi connectivity index (χ2v) is 6.71. The van der Waals surface area contributed by atoms with Gasteiger partial charge in [-0.25, -0.2) is 14.2 Å². The van der Waals surface area contributed by atoms with Gasteiger partial charge in [0.05, 0.1) is 23.3 Å². The molecular weight excluding hydrogens is 361 g/mol. The van der Waals surface area contributed by atoms with Gasteiger partial charge in [0.2, 0.25) is 5.91 Å². The van der Waals surface area contributed by atoms with E-state index in [-0.39, 0.29) is 30.1 Å². The maximum Gasteiger partial charge on any atom is 0.336 e. The van der Waals surface area contributed by atoms with Gasteiger partial charge in [-0.3, -0.25) is 9.69 Å². The van der Waals surface area contributed by atoms with Gasteiger partial charge in [-0.1, -0.05) is 30.3 Å². The largest absolute Gasteiger partial charge is 0.478 e. The highest BCUT2D eigenvalue weighted by Crippen LogP contribution is 2.31. The van der Waals surface area contributed by atoms with Crippen LogP contribution in [0, 0.1) is 5.82 Å². The van der Waals surface area contributed by atoms with E-state index in [4.69, 9.17) is 0 Å². The molecule has 1 aliphatic heterocycles. The van der Waals surface area contributed by atoms with Crippen LogP contribution in [0.1, 0.15) is 15.9 Å². The molecule has 1 fully saturated rings. The van der Waals surface area contributed by atoms with Gasteiger partial charge in [0, 0.05) is 42.2 Å². The molecule has 2 aromatic carbocycles. The van der Waals surface area contributed by atoms with E-state index in [1.807, 2.05) is 35.2 Å². The minimum Gasteiger partial charge on any atom is -0.478 e. The van der Waals surface area contributed by atoms with E-state index >= 15 is 0 Å². The minimum absolute atomic E-state index is 0.0924. The summed E-state index contributed by atoms with van der Waals surface area (Å²) in [4.78, 5) is 30.4. The van der Waals surface area contributed by atoms with Gasteiger partial charge in [-0.2, -0.15) is 0 Å². The van der Waals surface area contributed by atoms with E-state index in [9.17, 15) is 19.1 Å². The summed E-state index contributed by atoms with van der Waals surface area (Å²) >= 11 is 0. The molecule has 2 heterocycles. The molecule has 0 radical (unpaired) electrons. The van der Waals surface area contributed by atoms with Gasteiger partial charge in [-0.05, 0) is 12.1 Å². The number of nitrogens with zero attached hydrogens (tertiary/aromatic N) is 2. The molecule has 6 nitrogen and oxygen atoms in total. The van der Waals surface area contributed by atoms with Gasteiger partial charge < -0.3 is 10.4 Å². The fourth-order valence-corrected chi connectivity index (χ4v) is 3.56. The van der Waals surface area contributed by atoms with Crippen LogP contribution in [-0.2, 0) is 11.3 Å². The molecule has 4 rings (SSSR count). The van der Waals surface area contributed by atoms with Crippen molar-refractivity contribution in [1.29, 1.82) is 0 Å². The summed E-state index contributed by atoms with van der Waals surface area (Å²) in [7, 11) is 0. The van der Waals surface area contributed by atoms with E-state index in [1.54, 1.807) is 0 Å². The van der Waals surface area contributed by atoms with Crippen molar-refractivity contribution in [1.82, 2.24) is 15.2 Å². The second kappa shape index (κ2) is 7.36. The highest BCUT2D eigenvalue weighted by molar-refractivity contribution is 6.05. The third kappa shape index (κ3) is 3.44. The number of rotatable bonds is 4. The molecule has 0 atom stereocenters. The highest BCUT2D eigenvalue weighted by atomic mass is 19.1. The predicted molar refractivity (Wildman–Crippen MR) is 102 cm³/mol. The number of nitrogens with one attached hydrogen (secondary N) is 1. The highest BCUT2D eigenvalue weighted by Gasteiger charge is 2.25. The van der Waals surface area contributed by atoms with Crippen molar-refractivity contribution in [2.75, 3.05) is 19.6 Å². The Bertz CT molecular complexity index is 1070. The smallest absolute Gasteiger partial charge is 0.336 e. The average molecular weight is 379 g/mol. The third-order valence-electron chi connectivity index (χ3n) is 4.81. The van der Waals surface area contributed by atoms with Gasteiger partial charge in [0.15, 0.2) is 0 Å². The number of aromatic nitrogens is 1. The Morgan fingerprint density at radius 2 is 2.00 bits per heavy atom. The number of aromatic carboxylic acids is 1. The quantitative estimate of drug-likeness (QED) is 0.728. The number of fused-ring (bicyclic) bond motifs is 1. The zero-order chi connectivity index (χ0) is 19.7. The van der Waals surface area contributed by atoms with Crippen LogP contribution in [0.15, 0.2) is 48.5 Å². The van der Waals surface area contributed by atoms with E-state index < -0.39 is 11.8 Å². The Morgan fingerprint density at radius 1 is 1.21 bits per heavy atom. The Labute approximate surface area is 160 Å². The maximum absolute atomic E-state index is 13.8. The van der Waals surface area contributed by atoms with E-state index in [1.165, 1.54) is 18.2 Å². The minimum atomic E-state index is -1.10. The first-order chi connectivity index (χ1) is 13.5. The van der Waals surface area contributed by atoms with Crippen molar-refractivity contribution in [2.24, 2.45) is 0 Å². The molecule has 7 heteroatoms. The summed E-state index contributed by atoms with van der Waals surface area (Å²) in [6.07, 6.45) is 0. The normalized spacial score (nSPS) is 14.8. The summed E-state index contributed by atoms with van der Waals surface area (Å²) in [6, 6.07) is 13.1. The molecule has 142 valence electrons. The van der Waals surface area contributed by atoms with E-state index in [0.29, 0.717) is 29.7 Å². The van der Waals surface area contributed by atoms with Crippen LogP contribution in [0.5, 0.6) is 0 Å². The number of carbonyl (C=O) groups is 2. The van der Waals surface area contributed by atoms with Crippen LogP contribution < -0.4 is 5.32 Å². The predicted octanol–water partition coefficient (Wildman–Crippen LogP) is 2.67. The molecule has 1 aromatic heterocycles. The number of carboxylic acid groups (broad SMARTS) is 1. The second-order valence-electron chi connectivity index (χ2n) is 6.71. The first-order valence-electron chi connectivity index (χ1n) is 8.93. The van der Waals surface area contributed by atoms with Crippen molar-refractivity contribution in [3.8, 4) is 11.3 Å². The number of hydrogen-bond donors (Lipinski definition) is 2. The summed E-state index contributed by atoms with van der Waals surface area (Å²) < 4.78 is 13.8. The topological polar surface area (TPSA) is 82.5 Å². The van der Waals surface area contributed by atoms with E-state index in [0.717, 1.165) is 5.56 Å². The van der Waals surface area contributed by atoms with Gasteiger partial charge in [-0.15, -0.1) is 0 Å². The number of carbonyl (C=O) groups excluding carboxylic acids is 1. The van der Waals surface area contributed by atoms with Gasteiger partial charge in [0.1, 0.15) is 5.82 Å². The Balaban J connectivity index is 1.95. The molecule has 1 amide bonds. The van der Waals surface area contributed by atoms with Crippen LogP contribution in [0.3, 0.4) is 0 Å². The number of pyridine rings is 1.